The van der Waals surface area contributed by atoms with Crippen LogP contribution >= 0.6 is 11.8 Å². The summed E-state index contributed by atoms with van der Waals surface area (Å²) in [4.78, 5) is 25.4. The molecule has 0 bridgehead atoms. The fourth-order valence-corrected chi connectivity index (χ4v) is 2.26. The Morgan fingerprint density at radius 1 is 1.26 bits per heavy atom. The molecule has 0 saturated heterocycles. The van der Waals surface area contributed by atoms with Gasteiger partial charge in [-0.15, -0.1) is 11.8 Å². The summed E-state index contributed by atoms with van der Waals surface area (Å²) < 4.78 is 0. The maximum atomic E-state index is 11.9. The normalized spacial score (nSPS) is 11.1. The summed E-state index contributed by atoms with van der Waals surface area (Å²) in [7, 11) is 1.53. The van der Waals surface area contributed by atoms with Crippen LogP contribution in [0.5, 0.6) is 0 Å². The molecule has 0 atom stereocenters. The third-order valence-electron chi connectivity index (χ3n) is 3.06. The lowest BCUT2D eigenvalue weighted by molar-refractivity contribution is -0.155. The molecule has 4 nitrogen and oxygen atoms in total. The molecule has 0 saturated carbocycles. The first-order valence-electron chi connectivity index (χ1n) is 6.03. The number of aliphatic carboxylic acids is 1. The first-order chi connectivity index (χ1) is 8.85. The Bertz CT molecular complexity index is 445. The molecule has 0 fully saturated rings. The number of hydrogen-bond acceptors (Lipinski definition) is 3. The van der Waals surface area contributed by atoms with E-state index in [1.807, 2.05) is 30.3 Å². The Labute approximate surface area is 117 Å². The van der Waals surface area contributed by atoms with Crippen molar-refractivity contribution in [1.29, 1.82) is 0 Å². The van der Waals surface area contributed by atoms with E-state index < -0.39 is 11.5 Å². The van der Waals surface area contributed by atoms with Crippen LogP contribution in [0.1, 0.15) is 20.3 Å². The Kier molecular flexibility index (Phi) is 5.42. The second-order valence-electron chi connectivity index (χ2n) is 4.73. The molecule has 1 rings (SSSR count). The SMILES string of the molecule is CN(C(=O)CCSc1ccccc1)C(C)(C)C(=O)O. The van der Waals surface area contributed by atoms with Gasteiger partial charge in [0.05, 0.1) is 0 Å². The van der Waals surface area contributed by atoms with Gasteiger partial charge in [0.2, 0.25) is 5.91 Å². The number of likely N-dealkylation sites (N-methyl/N-ethyl adjacent to an activating group) is 1. The first kappa shape index (κ1) is 15.6. The minimum atomic E-state index is -1.17. The summed E-state index contributed by atoms with van der Waals surface area (Å²) in [6.45, 7) is 3.05. The zero-order valence-corrected chi connectivity index (χ0v) is 12.2. The van der Waals surface area contributed by atoms with Crippen LogP contribution in [0, 0.1) is 0 Å². The fourth-order valence-electron chi connectivity index (χ4n) is 1.40. The lowest BCUT2D eigenvalue weighted by atomic mass is 10.0. The van der Waals surface area contributed by atoms with Crippen molar-refractivity contribution in [3.63, 3.8) is 0 Å². The number of carbonyl (C=O) groups is 2. The summed E-state index contributed by atoms with van der Waals surface area (Å²) in [6.07, 6.45) is 0.326. The molecule has 0 aliphatic carbocycles. The van der Waals surface area contributed by atoms with Gasteiger partial charge in [0.15, 0.2) is 0 Å². The highest BCUT2D eigenvalue weighted by molar-refractivity contribution is 7.99. The predicted octanol–water partition coefficient (Wildman–Crippen LogP) is 2.49. The van der Waals surface area contributed by atoms with Crippen LogP contribution in [0.3, 0.4) is 0 Å². The monoisotopic (exact) mass is 281 g/mol. The van der Waals surface area contributed by atoms with Crippen LogP contribution in [0.2, 0.25) is 0 Å². The van der Waals surface area contributed by atoms with Crippen molar-refractivity contribution in [2.24, 2.45) is 0 Å². The van der Waals surface area contributed by atoms with Crippen molar-refractivity contribution in [3.05, 3.63) is 30.3 Å². The molecule has 5 heteroatoms. The van der Waals surface area contributed by atoms with E-state index in [0.29, 0.717) is 12.2 Å². The van der Waals surface area contributed by atoms with E-state index in [1.165, 1.54) is 25.8 Å². The molecule has 1 aromatic rings. The minimum Gasteiger partial charge on any atom is -0.480 e. The van der Waals surface area contributed by atoms with E-state index in [9.17, 15) is 9.59 Å². The minimum absolute atomic E-state index is 0.157. The van der Waals surface area contributed by atoms with E-state index in [0.717, 1.165) is 4.90 Å². The standard InChI is InChI=1S/C14H19NO3S/c1-14(2,13(17)18)15(3)12(16)9-10-19-11-7-5-4-6-8-11/h4-8H,9-10H2,1-3H3,(H,17,18). The van der Waals surface area contributed by atoms with Gasteiger partial charge >= 0.3 is 5.97 Å². The molecule has 19 heavy (non-hydrogen) atoms. The molecule has 0 aliphatic heterocycles. The van der Waals surface area contributed by atoms with Crippen LogP contribution in [-0.2, 0) is 9.59 Å². The van der Waals surface area contributed by atoms with Crippen LogP contribution in [0.4, 0.5) is 0 Å². The Morgan fingerprint density at radius 3 is 2.37 bits per heavy atom. The second-order valence-corrected chi connectivity index (χ2v) is 5.90. The molecule has 1 amide bonds. The van der Waals surface area contributed by atoms with Gasteiger partial charge < -0.3 is 10.0 Å². The Balaban J connectivity index is 2.46. The van der Waals surface area contributed by atoms with Gasteiger partial charge in [-0.2, -0.15) is 0 Å². The van der Waals surface area contributed by atoms with Crippen LogP contribution < -0.4 is 0 Å². The summed E-state index contributed by atoms with van der Waals surface area (Å²) in [5, 5.41) is 9.06. The van der Waals surface area contributed by atoms with Gasteiger partial charge in [0, 0.05) is 24.1 Å². The van der Waals surface area contributed by atoms with E-state index in [2.05, 4.69) is 0 Å². The lowest BCUT2D eigenvalue weighted by Gasteiger charge is -2.31. The van der Waals surface area contributed by atoms with Crippen molar-refractivity contribution in [3.8, 4) is 0 Å². The Hall–Kier alpha value is -1.49. The third kappa shape index (κ3) is 4.28. The molecular formula is C14H19NO3S. The number of carboxylic acid groups (broad SMARTS) is 1. The van der Waals surface area contributed by atoms with E-state index >= 15 is 0 Å². The molecule has 1 aromatic carbocycles. The highest BCUT2D eigenvalue weighted by Gasteiger charge is 2.34. The summed E-state index contributed by atoms with van der Waals surface area (Å²) in [5.41, 5.74) is -1.17. The molecule has 0 radical (unpaired) electrons. The zero-order valence-electron chi connectivity index (χ0n) is 11.4. The average Bonchev–Trinajstić information content (AvgIpc) is 2.38. The Morgan fingerprint density at radius 2 is 1.84 bits per heavy atom. The van der Waals surface area contributed by atoms with Gasteiger partial charge in [-0.05, 0) is 26.0 Å². The zero-order chi connectivity index (χ0) is 14.5. The molecule has 104 valence electrons. The second kappa shape index (κ2) is 6.61. The van der Waals surface area contributed by atoms with E-state index in [4.69, 9.17) is 5.11 Å². The molecule has 0 spiro atoms. The van der Waals surface area contributed by atoms with Crippen LogP contribution in [0.15, 0.2) is 35.2 Å². The van der Waals surface area contributed by atoms with Crippen LogP contribution in [0.25, 0.3) is 0 Å². The van der Waals surface area contributed by atoms with E-state index in [1.54, 1.807) is 11.8 Å². The molecule has 1 N–H and O–H groups in total. The molecular weight excluding hydrogens is 262 g/mol. The quantitative estimate of drug-likeness (QED) is 0.814. The number of thioether (sulfide) groups is 1. The third-order valence-corrected chi connectivity index (χ3v) is 4.08. The summed E-state index contributed by atoms with van der Waals surface area (Å²) >= 11 is 1.59. The smallest absolute Gasteiger partial charge is 0.329 e. The number of benzene rings is 1. The van der Waals surface area contributed by atoms with Crippen molar-refractivity contribution >= 4 is 23.6 Å². The average molecular weight is 281 g/mol. The molecule has 0 heterocycles. The van der Waals surface area contributed by atoms with Crippen molar-refractivity contribution in [2.75, 3.05) is 12.8 Å². The largest absolute Gasteiger partial charge is 0.480 e. The highest BCUT2D eigenvalue weighted by Crippen LogP contribution is 2.19. The number of carbonyl (C=O) groups excluding carboxylic acids is 1. The summed E-state index contributed by atoms with van der Waals surface area (Å²) in [5.74, 6) is -0.516. The predicted molar refractivity (Wildman–Crippen MR) is 76.3 cm³/mol. The number of nitrogens with zero attached hydrogens (tertiary/aromatic N) is 1. The summed E-state index contributed by atoms with van der Waals surface area (Å²) in [6, 6.07) is 9.81. The topological polar surface area (TPSA) is 57.6 Å². The maximum Gasteiger partial charge on any atom is 0.329 e. The number of carboxylic acids is 1. The number of rotatable bonds is 6. The maximum absolute atomic E-state index is 11.9. The van der Waals surface area contributed by atoms with Crippen LogP contribution in [-0.4, -0.2) is 40.2 Å². The van der Waals surface area contributed by atoms with Gasteiger partial charge in [-0.3, -0.25) is 4.79 Å². The van der Waals surface area contributed by atoms with Crippen molar-refractivity contribution in [2.45, 2.75) is 30.7 Å². The van der Waals surface area contributed by atoms with Crippen molar-refractivity contribution < 1.29 is 14.7 Å². The first-order valence-corrected chi connectivity index (χ1v) is 7.02. The molecule has 0 aliphatic rings. The van der Waals surface area contributed by atoms with Gasteiger partial charge in [-0.1, -0.05) is 18.2 Å². The van der Waals surface area contributed by atoms with Crippen molar-refractivity contribution in [1.82, 2.24) is 4.90 Å². The van der Waals surface area contributed by atoms with Gasteiger partial charge in [0.1, 0.15) is 5.54 Å². The number of hydrogen-bond donors (Lipinski definition) is 1. The molecule has 0 unspecified atom stereocenters. The van der Waals surface area contributed by atoms with Gasteiger partial charge in [0.25, 0.3) is 0 Å². The molecule has 0 aromatic heterocycles. The highest BCUT2D eigenvalue weighted by atomic mass is 32.2. The van der Waals surface area contributed by atoms with Gasteiger partial charge in [-0.25, -0.2) is 4.79 Å². The lowest BCUT2D eigenvalue weighted by Crippen LogP contribution is -2.50. The number of amides is 1. The van der Waals surface area contributed by atoms with E-state index in [-0.39, 0.29) is 5.91 Å². The fraction of sp³-hybridized carbons (Fsp3) is 0.429.